The molecule has 3 rings (SSSR count). The summed E-state index contributed by atoms with van der Waals surface area (Å²) >= 11 is 0. The number of hydrogen-bond acceptors (Lipinski definition) is 6. The predicted octanol–water partition coefficient (Wildman–Crippen LogP) is 2.72. The van der Waals surface area contributed by atoms with E-state index in [2.05, 4.69) is 16.0 Å². The number of benzene rings is 2. The summed E-state index contributed by atoms with van der Waals surface area (Å²) in [6, 6.07) is 8.05. The molecule has 0 spiro atoms. The maximum atomic E-state index is 13.9. The van der Waals surface area contributed by atoms with Crippen LogP contribution in [-0.4, -0.2) is 44.4 Å². The summed E-state index contributed by atoms with van der Waals surface area (Å²) in [7, 11) is -4.21. The molecule has 2 amide bonds. The Hall–Kier alpha value is -3.45. The van der Waals surface area contributed by atoms with E-state index in [0.717, 1.165) is 12.1 Å². The van der Waals surface area contributed by atoms with E-state index in [-0.39, 0.29) is 24.2 Å². The number of nitrogens with two attached hydrogens (primary N) is 1. The molecule has 2 aromatic rings. The maximum Gasteiger partial charge on any atom is 0.417 e. The normalized spacial score (nSPS) is 15.6. The largest absolute Gasteiger partial charge is 0.417 e. The molecule has 1 aliphatic rings. The van der Waals surface area contributed by atoms with E-state index >= 15 is 0 Å². The highest BCUT2D eigenvalue weighted by Crippen LogP contribution is 2.38. The third-order valence-corrected chi connectivity index (χ3v) is 8.34. The zero-order valence-electron chi connectivity index (χ0n) is 20.0. The van der Waals surface area contributed by atoms with Gasteiger partial charge in [-0.2, -0.15) is 13.2 Å². The van der Waals surface area contributed by atoms with Crippen LogP contribution in [-0.2, 0) is 25.6 Å². The Bertz CT molecular complexity index is 1270. The highest BCUT2D eigenvalue weighted by Gasteiger charge is 2.40. The van der Waals surface area contributed by atoms with Crippen molar-refractivity contribution in [2.75, 3.05) is 18.4 Å². The van der Waals surface area contributed by atoms with Gasteiger partial charge in [0.2, 0.25) is 11.8 Å². The van der Waals surface area contributed by atoms with E-state index in [1.54, 1.807) is 0 Å². The second-order valence-electron chi connectivity index (χ2n) is 8.75. The van der Waals surface area contributed by atoms with Crippen molar-refractivity contribution in [2.45, 2.75) is 48.5 Å². The van der Waals surface area contributed by atoms with E-state index in [9.17, 15) is 31.2 Å². The third kappa shape index (κ3) is 7.07. The molecule has 13 heteroatoms. The van der Waals surface area contributed by atoms with Gasteiger partial charge in [-0.15, -0.1) is 0 Å². The number of piperidine rings is 1. The molecule has 2 aromatic carbocycles. The van der Waals surface area contributed by atoms with Crippen LogP contribution in [0.5, 0.6) is 0 Å². The number of carbonyl (C=O) groups is 2. The number of rotatable bonds is 8. The monoisotopic (exact) mass is 539 g/mol. The summed E-state index contributed by atoms with van der Waals surface area (Å²) in [4.78, 5) is 23.8. The van der Waals surface area contributed by atoms with Gasteiger partial charge in [-0.1, -0.05) is 6.07 Å². The van der Waals surface area contributed by atoms with Crippen molar-refractivity contribution in [3.63, 3.8) is 0 Å². The van der Waals surface area contributed by atoms with Crippen molar-refractivity contribution >= 4 is 33.2 Å². The van der Waals surface area contributed by atoms with Crippen LogP contribution in [0.4, 0.5) is 18.9 Å². The number of sulfone groups is 1. The van der Waals surface area contributed by atoms with Gasteiger partial charge >= 0.3 is 6.18 Å². The van der Waals surface area contributed by atoms with E-state index in [1.165, 1.54) is 37.3 Å². The fourth-order valence-corrected chi connectivity index (χ4v) is 5.99. The van der Waals surface area contributed by atoms with E-state index in [0.29, 0.717) is 24.3 Å². The molecule has 6 N–H and O–H groups in total. The Morgan fingerprint density at radius 2 is 1.73 bits per heavy atom. The van der Waals surface area contributed by atoms with E-state index in [4.69, 9.17) is 11.1 Å². The molecular weight excluding hydrogens is 511 g/mol. The van der Waals surface area contributed by atoms with E-state index in [1.807, 2.05) is 0 Å². The van der Waals surface area contributed by atoms with Gasteiger partial charge in [-0.25, -0.2) is 8.42 Å². The minimum Gasteiger partial charge on any atom is -0.384 e. The molecule has 1 unspecified atom stereocenters. The lowest BCUT2D eigenvalue weighted by molar-refractivity contribution is -0.140. The highest BCUT2D eigenvalue weighted by atomic mass is 32.2. The molecular formula is C24H28F3N5O4S. The molecule has 200 valence electrons. The summed E-state index contributed by atoms with van der Waals surface area (Å²) in [5, 5.41) is 14.4. The smallest absolute Gasteiger partial charge is 0.384 e. The molecule has 1 saturated heterocycles. The summed E-state index contributed by atoms with van der Waals surface area (Å²) in [5.41, 5.74) is 4.96. The summed E-state index contributed by atoms with van der Waals surface area (Å²) < 4.78 is 67.5. The number of amidine groups is 1. The standard InChI is InChI=1S/C24H28F3N5O4S/c1-14(31-21(33)13-22(34)32-17-5-2-15(3-6-17)23(28)29)16-4-7-20(19(12-16)24(25,26)27)37(35,36)18-8-10-30-11-9-18/h2-7,12,14,18,30H,8-11,13H2,1H3,(H3,28,29)(H,31,33)(H,32,34). The average molecular weight is 540 g/mol. The zero-order chi connectivity index (χ0) is 27.4. The minimum atomic E-state index is -4.92. The van der Waals surface area contributed by atoms with Gasteiger partial charge in [0.05, 0.1) is 21.8 Å². The minimum absolute atomic E-state index is 0.0464. The SMILES string of the molecule is CC(NC(=O)CC(=O)Nc1ccc(C(=N)N)cc1)c1ccc(S(=O)(=O)C2CCNCC2)c(C(F)(F)F)c1. The van der Waals surface area contributed by atoms with Gasteiger partial charge < -0.3 is 21.7 Å². The predicted molar refractivity (Wildman–Crippen MR) is 132 cm³/mol. The Morgan fingerprint density at radius 3 is 2.30 bits per heavy atom. The highest BCUT2D eigenvalue weighted by molar-refractivity contribution is 7.92. The number of alkyl halides is 3. The first-order valence-electron chi connectivity index (χ1n) is 11.5. The molecule has 0 bridgehead atoms. The molecule has 37 heavy (non-hydrogen) atoms. The van der Waals surface area contributed by atoms with Crippen LogP contribution in [0.3, 0.4) is 0 Å². The number of amides is 2. The van der Waals surface area contributed by atoms with Crippen LogP contribution < -0.4 is 21.7 Å². The lowest BCUT2D eigenvalue weighted by Gasteiger charge is -2.25. The second kappa shape index (κ2) is 11.3. The lowest BCUT2D eigenvalue weighted by Crippen LogP contribution is -2.36. The van der Waals surface area contributed by atoms with Gasteiger partial charge in [0, 0.05) is 11.3 Å². The first-order valence-corrected chi connectivity index (χ1v) is 13.0. The van der Waals surface area contributed by atoms with Crippen molar-refractivity contribution in [1.82, 2.24) is 10.6 Å². The van der Waals surface area contributed by atoms with Crippen molar-refractivity contribution in [3.8, 4) is 0 Å². The van der Waals surface area contributed by atoms with Crippen LogP contribution in [0.1, 0.15) is 48.9 Å². The van der Waals surface area contributed by atoms with Gasteiger partial charge in [-0.3, -0.25) is 15.0 Å². The molecule has 1 fully saturated rings. The Balaban J connectivity index is 1.70. The van der Waals surface area contributed by atoms with Gasteiger partial charge in [0.25, 0.3) is 0 Å². The van der Waals surface area contributed by atoms with Crippen LogP contribution in [0.15, 0.2) is 47.4 Å². The van der Waals surface area contributed by atoms with Crippen molar-refractivity contribution in [3.05, 3.63) is 59.2 Å². The van der Waals surface area contributed by atoms with Gasteiger partial charge in [0.1, 0.15) is 12.3 Å². The summed E-state index contributed by atoms with van der Waals surface area (Å²) in [6.45, 7) is 2.25. The molecule has 1 aliphatic heterocycles. The molecule has 0 saturated carbocycles. The Kier molecular flexibility index (Phi) is 8.59. The lowest BCUT2D eigenvalue weighted by atomic mass is 10.0. The molecule has 0 aromatic heterocycles. The van der Waals surface area contributed by atoms with Gasteiger partial charge in [0.15, 0.2) is 9.84 Å². The number of carbonyl (C=O) groups excluding carboxylic acids is 2. The number of hydrogen-bond donors (Lipinski definition) is 5. The molecule has 0 aliphatic carbocycles. The fourth-order valence-electron chi connectivity index (χ4n) is 4.03. The quantitative estimate of drug-likeness (QED) is 0.197. The Morgan fingerprint density at radius 1 is 1.11 bits per heavy atom. The van der Waals surface area contributed by atoms with Crippen LogP contribution in [0.25, 0.3) is 0 Å². The summed E-state index contributed by atoms with van der Waals surface area (Å²) in [5.74, 6) is -1.53. The summed E-state index contributed by atoms with van der Waals surface area (Å²) in [6.07, 6.45) is -5.08. The maximum absolute atomic E-state index is 13.9. The fraction of sp³-hybridized carbons (Fsp3) is 0.375. The first kappa shape index (κ1) is 28.1. The average Bonchev–Trinajstić information content (AvgIpc) is 2.83. The number of anilines is 1. The van der Waals surface area contributed by atoms with Crippen LogP contribution in [0.2, 0.25) is 0 Å². The third-order valence-electron chi connectivity index (χ3n) is 6.02. The van der Waals surface area contributed by atoms with Crippen molar-refractivity contribution in [2.24, 2.45) is 5.73 Å². The topological polar surface area (TPSA) is 154 Å². The van der Waals surface area contributed by atoms with E-state index < -0.39 is 56.0 Å². The molecule has 0 radical (unpaired) electrons. The number of nitrogens with one attached hydrogen (secondary N) is 4. The Labute approximate surface area is 212 Å². The van der Waals surface area contributed by atoms with Gasteiger partial charge in [-0.05, 0) is 74.8 Å². The second-order valence-corrected chi connectivity index (χ2v) is 10.9. The zero-order valence-corrected chi connectivity index (χ0v) is 20.8. The van der Waals surface area contributed by atoms with Crippen molar-refractivity contribution < 1.29 is 31.2 Å². The number of nitrogen functional groups attached to an aromatic ring is 1. The number of halogens is 3. The molecule has 1 atom stereocenters. The van der Waals surface area contributed by atoms with Crippen molar-refractivity contribution in [1.29, 1.82) is 5.41 Å². The molecule has 1 heterocycles. The first-order chi connectivity index (χ1) is 17.3. The van der Waals surface area contributed by atoms with Crippen LogP contribution in [0, 0.1) is 5.41 Å². The van der Waals surface area contributed by atoms with Crippen LogP contribution >= 0.6 is 0 Å². The molecule has 9 nitrogen and oxygen atoms in total.